The monoisotopic (exact) mass is 363 g/mol. The Balaban J connectivity index is 2.06. The maximum absolute atomic E-state index is 11.8. The summed E-state index contributed by atoms with van der Waals surface area (Å²) in [5.74, 6) is 0.203. The van der Waals surface area contributed by atoms with E-state index in [9.17, 15) is 4.79 Å². The van der Waals surface area contributed by atoms with Crippen molar-refractivity contribution in [3.8, 4) is 22.9 Å². The smallest absolute Gasteiger partial charge is 0.336 e. The predicted molar refractivity (Wildman–Crippen MR) is 106 cm³/mol. The Kier molecular flexibility index (Phi) is 7.63. The van der Waals surface area contributed by atoms with Crippen LogP contribution in [0.1, 0.15) is 45.1 Å². The van der Waals surface area contributed by atoms with Crippen LogP contribution < -0.4 is 4.74 Å². The van der Waals surface area contributed by atoms with Crippen LogP contribution in [0.2, 0.25) is 0 Å². The van der Waals surface area contributed by atoms with Gasteiger partial charge in [-0.15, -0.1) is 0 Å². The molecule has 0 radical (unpaired) electrons. The standard InChI is InChI=1S/C23H25NO3/c1-4-5-6-7-22(27-23(25)17(2)3)26-21-14-12-20(13-15-21)19-10-8-18(16-24)9-11-19/h8-15,22H,2,4-7H2,1,3H3. The maximum atomic E-state index is 11.8. The van der Waals surface area contributed by atoms with Crippen molar-refractivity contribution in [2.75, 3.05) is 0 Å². The summed E-state index contributed by atoms with van der Waals surface area (Å²) in [6.45, 7) is 7.36. The van der Waals surface area contributed by atoms with E-state index < -0.39 is 12.3 Å². The van der Waals surface area contributed by atoms with Gasteiger partial charge in [-0.2, -0.15) is 5.26 Å². The fourth-order valence-corrected chi connectivity index (χ4v) is 2.54. The Hall–Kier alpha value is -3.06. The predicted octanol–water partition coefficient (Wildman–Crippen LogP) is 5.63. The Morgan fingerprint density at radius 1 is 1.07 bits per heavy atom. The second-order valence-corrected chi connectivity index (χ2v) is 6.44. The number of rotatable bonds is 9. The molecule has 140 valence electrons. The summed E-state index contributed by atoms with van der Waals surface area (Å²) < 4.78 is 11.3. The number of nitrogens with zero attached hydrogens (tertiary/aromatic N) is 1. The first kappa shape index (κ1) is 20.3. The summed E-state index contributed by atoms with van der Waals surface area (Å²) in [6, 6.07) is 17.1. The molecular formula is C23H25NO3. The first-order valence-corrected chi connectivity index (χ1v) is 9.17. The van der Waals surface area contributed by atoms with Crippen LogP contribution in [0.15, 0.2) is 60.7 Å². The van der Waals surface area contributed by atoms with Gasteiger partial charge in [-0.1, -0.05) is 50.6 Å². The number of esters is 1. The lowest BCUT2D eigenvalue weighted by Crippen LogP contribution is -2.24. The molecule has 0 aliphatic heterocycles. The van der Waals surface area contributed by atoms with Crippen LogP contribution in [-0.2, 0) is 9.53 Å². The van der Waals surface area contributed by atoms with Crippen LogP contribution in [0.4, 0.5) is 0 Å². The molecule has 0 amide bonds. The summed E-state index contributed by atoms with van der Waals surface area (Å²) in [7, 11) is 0. The molecule has 0 aliphatic rings. The van der Waals surface area contributed by atoms with Gasteiger partial charge in [0.15, 0.2) is 0 Å². The molecule has 0 N–H and O–H groups in total. The minimum absolute atomic E-state index is 0.357. The van der Waals surface area contributed by atoms with E-state index in [1.807, 2.05) is 36.4 Å². The number of hydrogen-bond acceptors (Lipinski definition) is 4. The average Bonchev–Trinajstić information content (AvgIpc) is 2.68. The van der Waals surface area contributed by atoms with Crippen LogP contribution in [0, 0.1) is 11.3 Å². The molecule has 4 heteroatoms. The van der Waals surface area contributed by atoms with Crippen molar-refractivity contribution in [1.82, 2.24) is 0 Å². The minimum Gasteiger partial charge on any atom is -0.455 e. The van der Waals surface area contributed by atoms with Crippen molar-refractivity contribution in [3.05, 3.63) is 66.2 Å². The molecule has 0 bridgehead atoms. The van der Waals surface area contributed by atoms with Crippen LogP contribution in [0.25, 0.3) is 11.1 Å². The molecule has 0 spiro atoms. The third kappa shape index (κ3) is 6.31. The quantitative estimate of drug-likeness (QED) is 0.251. The van der Waals surface area contributed by atoms with E-state index in [0.29, 0.717) is 23.3 Å². The van der Waals surface area contributed by atoms with Gasteiger partial charge >= 0.3 is 5.97 Å². The summed E-state index contributed by atoms with van der Waals surface area (Å²) in [6.07, 6.45) is 3.09. The van der Waals surface area contributed by atoms with Crippen molar-refractivity contribution >= 4 is 5.97 Å². The van der Waals surface area contributed by atoms with Gasteiger partial charge in [0, 0.05) is 12.0 Å². The summed E-state index contributed by atoms with van der Waals surface area (Å²) >= 11 is 0. The van der Waals surface area contributed by atoms with Crippen LogP contribution in [-0.4, -0.2) is 12.3 Å². The highest BCUT2D eigenvalue weighted by Crippen LogP contribution is 2.24. The molecule has 1 unspecified atom stereocenters. The lowest BCUT2D eigenvalue weighted by Gasteiger charge is -2.19. The molecule has 2 aromatic rings. The molecule has 0 fully saturated rings. The maximum Gasteiger partial charge on any atom is 0.336 e. The van der Waals surface area contributed by atoms with Crippen LogP contribution >= 0.6 is 0 Å². The van der Waals surface area contributed by atoms with Crippen molar-refractivity contribution < 1.29 is 14.3 Å². The van der Waals surface area contributed by atoms with Gasteiger partial charge in [-0.25, -0.2) is 4.79 Å². The van der Waals surface area contributed by atoms with Gasteiger partial charge in [0.25, 0.3) is 0 Å². The molecule has 0 aromatic heterocycles. The van der Waals surface area contributed by atoms with E-state index in [2.05, 4.69) is 19.6 Å². The lowest BCUT2D eigenvalue weighted by atomic mass is 10.0. The SMILES string of the molecule is C=C(C)C(=O)OC(CCCCC)Oc1ccc(-c2ccc(C#N)cc2)cc1. The fraction of sp³-hybridized carbons (Fsp3) is 0.304. The summed E-state index contributed by atoms with van der Waals surface area (Å²) in [5.41, 5.74) is 3.03. The van der Waals surface area contributed by atoms with Crippen LogP contribution in [0.5, 0.6) is 5.75 Å². The van der Waals surface area contributed by atoms with Gasteiger partial charge in [0.05, 0.1) is 11.6 Å². The Labute approximate surface area is 161 Å². The van der Waals surface area contributed by atoms with Gasteiger partial charge in [-0.05, 0) is 48.7 Å². The summed E-state index contributed by atoms with van der Waals surface area (Å²) in [5, 5.41) is 8.89. The minimum atomic E-state index is -0.624. The van der Waals surface area contributed by atoms with E-state index in [1.165, 1.54) is 0 Å². The average molecular weight is 363 g/mol. The zero-order valence-electron chi connectivity index (χ0n) is 15.9. The van der Waals surface area contributed by atoms with Gasteiger partial charge < -0.3 is 9.47 Å². The number of hydrogen-bond donors (Lipinski definition) is 0. The molecule has 0 heterocycles. The van der Waals surface area contributed by atoms with Crippen molar-refractivity contribution in [2.24, 2.45) is 0 Å². The van der Waals surface area contributed by atoms with Gasteiger partial charge in [0.1, 0.15) is 5.75 Å². The topological polar surface area (TPSA) is 59.3 Å². The fourth-order valence-electron chi connectivity index (χ4n) is 2.54. The zero-order valence-corrected chi connectivity index (χ0v) is 15.9. The van der Waals surface area contributed by atoms with Gasteiger partial charge in [0.2, 0.25) is 6.29 Å². The molecule has 2 rings (SSSR count). The van der Waals surface area contributed by atoms with E-state index >= 15 is 0 Å². The second-order valence-electron chi connectivity index (χ2n) is 6.44. The van der Waals surface area contributed by atoms with Crippen molar-refractivity contribution in [1.29, 1.82) is 5.26 Å². The molecule has 0 aliphatic carbocycles. The number of unbranched alkanes of at least 4 members (excludes halogenated alkanes) is 2. The largest absolute Gasteiger partial charge is 0.455 e. The first-order chi connectivity index (χ1) is 13.0. The normalized spacial score (nSPS) is 11.3. The molecule has 4 nitrogen and oxygen atoms in total. The highest BCUT2D eigenvalue weighted by Gasteiger charge is 2.16. The highest BCUT2D eigenvalue weighted by molar-refractivity contribution is 5.87. The first-order valence-electron chi connectivity index (χ1n) is 9.17. The molecule has 1 atom stereocenters. The number of nitriles is 1. The molecule has 0 saturated carbocycles. The third-order valence-electron chi connectivity index (χ3n) is 4.10. The van der Waals surface area contributed by atoms with E-state index in [-0.39, 0.29) is 0 Å². The third-order valence-corrected chi connectivity index (χ3v) is 4.10. The molecular weight excluding hydrogens is 338 g/mol. The molecule has 27 heavy (non-hydrogen) atoms. The van der Waals surface area contributed by atoms with E-state index in [1.54, 1.807) is 19.1 Å². The second kappa shape index (κ2) is 10.2. The zero-order chi connectivity index (χ0) is 19.6. The Morgan fingerprint density at radius 3 is 2.19 bits per heavy atom. The molecule has 0 saturated heterocycles. The summed E-state index contributed by atoms with van der Waals surface area (Å²) in [4.78, 5) is 11.8. The number of carbonyl (C=O) groups is 1. The lowest BCUT2D eigenvalue weighted by molar-refractivity contribution is -0.159. The number of carbonyl (C=O) groups excluding carboxylic acids is 1. The number of ether oxygens (including phenoxy) is 2. The van der Waals surface area contributed by atoms with E-state index in [4.69, 9.17) is 14.7 Å². The van der Waals surface area contributed by atoms with E-state index in [0.717, 1.165) is 30.4 Å². The Morgan fingerprint density at radius 2 is 1.67 bits per heavy atom. The van der Waals surface area contributed by atoms with Gasteiger partial charge in [-0.3, -0.25) is 0 Å². The van der Waals surface area contributed by atoms with Crippen LogP contribution in [0.3, 0.4) is 0 Å². The highest BCUT2D eigenvalue weighted by atomic mass is 16.7. The van der Waals surface area contributed by atoms with Crippen molar-refractivity contribution in [2.45, 2.75) is 45.8 Å². The Bertz CT molecular complexity index is 801. The number of benzene rings is 2. The molecule has 2 aromatic carbocycles. The van der Waals surface area contributed by atoms with Crippen molar-refractivity contribution in [3.63, 3.8) is 0 Å².